The third-order valence-electron chi connectivity index (χ3n) is 6.05. The van der Waals surface area contributed by atoms with E-state index in [2.05, 4.69) is 25.1 Å². The maximum Gasteiger partial charge on any atom is 0.228 e. The highest BCUT2D eigenvalue weighted by atomic mass is 16.5. The van der Waals surface area contributed by atoms with E-state index in [-0.39, 0.29) is 17.9 Å². The number of carbonyl (C=O) groups excluding carboxylic acids is 1. The minimum atomic E-state index is 0.0304. The molecule has 10 heteroatoms. The van der Waals surface area contributed by atoms with E-state index in [0.717, 1.165) is 61.5 Å². The maximum absolute atomic E-state index is 11.3. The molecule has 3 N–H and O–H groups in total. The fourth-order valence-corrected chi connectivity index (χ4v) is 4.47. The zero-order valence-electron chi connectivity index (χ0n) is 17.0. The molecule has 0 atom stereocenters. The number of hydrogen-bond acceptors (Lipinski definition) is 9. The van der Waals surface area contributed by atoms with Gasteiger partial charge in [-0.1, -0.05) is 0 Å². The van der Waals surface area contributed by atoms with Crippen molar-refractivity contribution in [1.82, 2.24) is 25.3 Å². The topological polar surface area (TPSA) is 122 Å². The maximum atomic E-state index is 11.3. The first-order valence-electron chi connectivity index (χ1n) is 10.4. The molecule has 2 aliphatic heterocycles. The lowest BCUT2D eigenvalue weighted by Crippen LogP contribution is -2.53. The third-order valence-corrected chi connectivity index (χ3v) is 6.05. The number of nitrogens with two attached hydrogens (primary N) is 1. The number of anilines is 3. The van der Waals surface area contributed by atoms with Crippen molar-refractivity contribution in [3.05, 3.63) is 18.0 Å². The van der Waals surface area contributed by atoms with Crippen LogP contribution in [0.3, 0.4) is 0 Å². The van der Waals surface area contributed by atoms with Gasteiger partial charge in [0.15, 0.2) is 0 Å². The fourth-order valence-electron chi connectivity index (χ4n) is 4.47. The first-order valence-corrected chi connectivity index (χ1v) is 10.4. The van der Waals surface area contributed by atoms with Crippen molar-refractivity contribution in [3.8, 4) is 11.3 Å². The van der Waals surface area contributed by atoms with Crippen LogP contribution in [0, 0.1) is 0 Å². The summed E-state index contributed by atoms with van der Waals surface area (Å²) in [6, 6.07) is 0.633. The van der Waals surface area contributed by atoms with E-state index in [1.54, 1.807) is 19.3 Å². The van der Waals surface area contributed by atoms with E-state index in [9.17, 15) is 4.79 Å². The third kappa shape index (κ3) is 3.51. The van der Waals surface area contributed by atoms with Gasteiger partial charge in [0.1, 0.15) is 5.82 Å². The summed E-state index contributed by atoms with van der Waals surface area (Å²) in [6.45, 7) is 5.35. The number of rotatable bonds is 4. The number of nitrogens with one attached hydrogen (secondary N) is 1. The number of fused-ring (bicyclic) bond motifs is 1. The van der Waals surface area contributed by atoms with Gasteiger partial charge in [0.05, 0.1) is 18.9 Å². The number of carbonyl (C=O) groups is 1. The van der Waals surface area contributed by atoms with Crippen LogP contribution in [0.15, 0.2) is 12.4 Å². The van der Waals surface area contributed by atoms with Gasteiger partial charge < -0.3 is 25.6 Å². The molecule has 0 spiro atoms. The monoisotopic (exact) mass is 410 g/mol. The molecule has 0 aromatic carbocycles. The summed E-state index contributed by atoms with van der Waals surface area (Å²) in [4.78, 5) is 34.1. The number of morpholine rings is 1. The molecule has 30 heavy (non-hydrogen) atoms. The largest absolute Gasteiger partial charge is 0.378 e. The molecule has 1 amide bonds. The molecule has 1 saturated carbocycles. The summed E-state index contributed by atoms with van der Waals surface area (Å²) in [7, 11) is 0. The molecule has 3 aliphatic rings. The second-order valence-corrected chi connectivity index (χ2v) is 8.07. The average molecular weight is 410 g/mol. The van der Waals surface area contributed by atoms with Crippen LogP contribution in [0.4, 0.5) is 17.7 Å². The van der Waals surface area contributed by atoms with Crippen LogP contribution < -0.4 is 20.9 Å². The average Bonchev–Trinajstić information content (AvgIpc) is 3.14. The number of ether oxygens (including phenoxy) is 1. The molecule has 2 fully saturated rings. The van der Waals surface area contributed by atoms with Crippen molar-refractivity contribution in [2.24, 2.45) is 0 Å². The Hall–Kier alpha value is -3.01. The van der Waals surface area contributed by atoms with Crippen LogP contribution in [0.1, 0.15) is 25.3 Å². The number of nitrogens with zero attached hydrogens (tertiary/aromatic N) is 6. The van der Waals surface area contributed by atoms with Crippen LogP contribution in [-0.2, 0) is 16.0 Å². The van der Waals surface area contributed by atoms with Gasteiger partial charge in [-0.15, -0.1) is 0 Å². The van der Waals surface area contributed by atoms with Crippen molar-refractivity contribution < 1.29 is 9.53 Å². The summed E-state index contributed by atoms with van der Waals surface area (Å²) >= 11 is 0. The lowest BCUT2D eigenvalue weighted by Gasteiger charge is -2.42. The predicted molar refractivity (Wildman–Crippen MR) is 112 cm³/mol. The summed E-state index contributed by atoms with van der Waals surface area (Å²) in [5.74, 6) is 1.99. The van der Waals surface area contributed by atoms with Gasteiger partial charge in [0.2, 0.25) is 17.8 Å². The zero-order valence-corrected chi connectivity index (χ0v) is 17.0. The molecular formula is C20H26N8O2. The van der Waals surface area contributed by atoms with Crippen molar-refractivity contribution in [2.45, 2.75) is 38.3 Å². The Labute approximate surface area is 174 Å². The van der Waals surface area contributed by atoms with E-state index in [1.165, 1.54) is 0 Å². The molecule has 2 aromatic rings. The SMILES string of the molecule is CC(=O)N[C@H]1C[C@@H](N2CCc3c(-c4cnc(N)nc4)nc(N4CCOCC4)nc32)C1. The Morgan fingerprint density at radius 3 is 2.60 bits per heavy atom. The number of nitrogen functional groups attached to an aromatic ring is 1. The molecule has 1 saturated heterocycles. The van der Waals surface area contributed by atoms with E-state index >= 15 is 0 Å². The molecule has 158 valence electrons. The fraction of sp³-hybridized carbons (Fsp3) is 0.550. The molecule has 4 heterocycles. The van der Waals surface area contributed by atoms with Gasteiger partial charge in [0, 0.05) is 62.2 Å². The molecule has 5 rings (SSSR count). The summed E-state index contributed by atoms with van der Waals surface area (Å²) in [5.41, 5.74) is 8.54. The molecule has 10 nitrogen and oxygen atoms in total. The minimum Gasteiger partial charge on any atom is -0.378 e. The summed E-state index contributed by atoms with van der Waals surface area (Å²) in [6.07, 6.45) is 6.21. The Kier molecular flexibility index (Phi) is 4.86. The van der Waals surface area contributed by atoms with Crippen molar-refractivity contribution >= 4 is 23.6 Å². The molecular weight excluding hydrogens is 384 g/mol. The van der Waals surface area contributed by atoms with E-state index in [0.29, 0.717) is 25.2 Å². The zero-order chi connectivity index (χ0) is 20.7. The molecule has 0 bridgehead atoms. The number of aromatic nitrogens is 4. The van der Waals surface area contributed by atoms with Crippen molar-refractivity contribution in [2.75, 3.05) is 48.4 Å². The summed E-state index contributed by atoms with van der Waals surface area (Å²) < 4.78 is 5.50. The Balaban J connectivity index is 1.49. The van der Waals surface area contributed by atoms with Crippen LogP contribution in [0.25, 0.3) is 11.3 Å². The summed E-state index contributed by atoms with van der Waals surface area (Å²) in [5, 5.41) is 3.01. The lowest BCUT2D eigenvalue weighted by molar-refractivity contribution is -0.120. The second kappa shape index (κ2) is 7.67. The lowest BCUT2D eigenvalue weighted by atomic mass is 9.85. The molecule has 1 aliphatic carbocycles. The number of hydrogen-bond donors (Lipinski definition) is 2. The first kappa shape index (κ1) is 19.0. The Morgan fingerprint density at radius 2 is 1.90 bits per heavy atom. The van der Waals surface area contributed by atoms with Gasteiger partial charge >= 0.3 is 0 Å². The van der Waals surface area contributed by atoms with Crippen LogP contribution >= 0.6 is 0 Å². The molecule has 0 radical (unpaired) electrons. The van der Waals surface area contributed by atoms with Gasteiger partial charge in [-0.3, -0.25) is 4.79 Å². The van der Waals surface area contributed by atoms with Gasteiger partial charge in [0.25, 0.3) is 0 Å². The smallest absolute Gasteiger partial charge is 0.228 e. The van der Waals surface area contributed by atoms with Crippen LogP contribution in [-0.4, -0.2) is 70.8 Å². The Morgan fingerprint density at radius 1 is 1.17 bits per heavy atom. The second-order valence-electron chi connectivity index (χ2n) is 8.07. The number of amides is 1. The van der Waals surface area contributed by atoms with Gasteiger partial charge in [-0.25, -0.2) is 15.0 Å². The Bertz CT molecular complexity index is 939. The van der Waals surface area contributed by atoms with Gasteiger partial charge in [-0.2, -0.15) is 4.98 Å². The molecule has 2 aromatic heterocycles. The normalized spacial score (nSPS) is 23.1. The highest BCUT2D eigenvalue weighted by Gasteiger charge is 2.39. The van der Waals surface area contributed by atoms with Crippen molar-refractivity contribution in [3.63, 3.8) is 0 Å². The van der Waals surface area contributed by atoms with Crippen molar-refractivity contribution in [1.29, 1.82) is 0 Å². The minimum absolute atomic E-state index is 0.0304. The quantitative estimate of drug-likeness (QED) is 0.736. The van der Waals surface area contributed by atoms with Gasteiger partial charge in [-0.05, 0) is 19.3 Å². The van der Waals surface area contributed by atoms with E-state index < -0.39 is 0 Å². The van der Waals surface area contributed by atoms with E-state index in [4.69, 9.17) is 20.4 Å². The van der Waals surface area contributed by atoms with Crippen LogP contribution in [0.5, 0.6) is 0 Å². The van der Waals surface area contributed by atoms with E-state index in [1.807, 2.05) is 0 Å². The predicted octanol–water partition coefficient (Wildman–Crippen LogP) is 0.382. The van der Waals surface area contributed by atoms with Crippen LogP contribution in [0.2, 0.25) is 0 Å². The molecule has 0 unspecified atom stereocenters. The first-order chi connectivity index (χ1) is 14.6. The highest BCUT2D eigenvalue weighted by Crippen LogP contribution is 2.40. The highest BCUT2D eigenvalue weighted by molar-refractivity contribution is 5.74. The standard InChI is InChI=1S/C20H26N8O2/c1-12(29)24-14-8-15(9-14)28-3-2-16-17(13-10-22-19(21)23-11-13)25-20(26-18(16)28)27-4-6-30-7-5-27/h10-11,14-15H,2-9H2,1H3,(H,24,29)(H2,21,22,23)/t14-,15+.